The van der Waals surface area contributed by atoms with E-state index in [2.05, 4.69) is 22.8 Å². The highest BCUT2D eigenvalue weighted by molar-refractivity contribution is 5.75. The Balaban J connectivity index is 1.80. The third kappa shape index (κ3) is 4.47. The van der Waals surface area contributed by atoms with Crippen molar-refractivity contribution in [3.63, 3.8) is 0 Å². The first-order valence-electron chi connectivity index (χ1n) is 9.15. The summed E-state index contributed by atoms with van der Waals surface area (Å²) in [5.74, 6) is -5.67. The Hall–Kier alpha value is -2.41. The molecule has 5 nitrogen and oxygen atoms in total. The molecule has 0 amide bonds. The zero-order valence-corrected chi connectivity index (χ0v) is 14.9. The number of aliphatic hydroxyl groups is 1. The van der Waals surface area contributed by atoms with E-state index in [1.807, 2.05) is 24.3 Å². The topological polar surface area (TPSA) is 81.6 Å². The van der Waals surface area contributed by atoms with Crippen LogP contribution in [0.3, 0.4) is 0 Å². The van der Waals surface area contributed by atoms with E-state index in [-0.39, 0.29) is 24.9 Å². The highest BCUT2D eigenvalue weighted by atomic mass is 19.3. The molecule has 0 aromatic carbocycles. The van der Waals surface area contributed by atoms with Crippen molar-refractivity contribution < 1.29 is 23.8 Å². The highest BCUT2D eigenvalue weighted by Crippen LogP contribution is 2.32. The molecule has 0 aromatic rings. The maximum atomic E-state index is 13.4. The lowest BCUT2D eigenvalue weighted by atomic mass is 9.90. The number of alkyl halides is 2. The molecule has 2 unspecified atom stereocenters. The standard InChI is InChI=1S/C20H24F2N2O3/c21-20(22,19(26)27)10-4-7-16-18(14-5-2-1-3-6-14)24-15-9-8-13(12-25)11-17(15)23-16/h1-3,5,9,11,13-14,23-25H,4,6-8,10,12H2,(H,26,27). The summed E-state index contributed by atoms with van der Waals surface area (Å²) in [5.41, 5.74) is 3.49. The molecule has 0 radical (unpaired) electrons. The molecule has 27 heavy (non-hydrogen) atoms. The number of halogens is 2. The Morgan fingerprint density at radius 3 is 2.70 bits per heavy atom. The van der Waals surface area contributed by atoms with Gasteiger partial charge in [-0.05, 0) is 25.7 Å². The zero-order valence-electron chi connectivity index (χ0n) is 14.9. The van der Waals surface area contributed by atoms with E-state index in [4.69, 9.17) is 5.11 Å². The molecule has 4 N–H and O–H groups in total. The van der Waals surface area contributed by atoms with E-state index in [1.54, 1.807) is 0 Å². The van der Waals surface area contributed by atoms with Crippen LogP contribution in [0.1, 0.15) is 32.1 Å². The first-order chi connectivity index (χ1) is 12.9. The summed E-state index contributed by atoms with van der Waals surface area (Å²) in [6.07, 6.45) is 13.2. The van der Waals surface area contributed by atoms with Crippen LogP contribution in [-0.4, -0.2) is 28.7 Å². The Labute approximate surface area is 156 Å². The molecule has 7 heteroatoms. The molecule has 0 spiro atoms. The molecule has 2 aliphatic carbocycles. The quantitative estimate of drug-likeness (QED) is 0.547. The Kier molecular flexibility index (Phi) is 5.79. The number of carbonyl (C=O) groups is 1. The number of aliphatic carboxylic acids is 1. The minimum atomic E-state index is -3.71. The van der Waals surface area contributed by atoms with Gasteiger partial charge >= 0.3 is 11.9 Å². The minimum absolute atomic E-state index is 0.0229. The van der Waals surface area contributed by atoms with Gasteiger partial charge in [0.05, 0.1) is 11.4 Å². The van der Waals surface area contributed by atoms with Crippen LogP contribution in [0, 0.1) is 11.8 Å². The monoisotopic (exact) mass is 378 g/mol. The molecule has 3 rings (SSSR count). The van der Waals surface area contributed by atoms with Crippen LogP contribution in [0.5, 0.6) is 0 Å². The fourth-order valence-corrected chi connectivity index (χ4v) is 3.48. The lowest BCUT2D eigenvalue weighted by Crippen LogP contribution is -2.37. The van der Waals surface area contributed by atoms with Gasteiger partial charge < -0.3 is 20.8 Å². The van der Waals surface area contributed by atoms with E-state index in [0.29, 0.717) is 6.42 Å². The molecule has 0 aromatic heterocycles. The summed E-state index contributed by atoms with van der Waals surface area (Å²) in [6.45, 7) is 0.0435. The Morgan fingerprint density at radius 1 is 1.22 bits per heavy atom. The maximum absolute atomic E-state index is 13.4. The molecule has 0 bridgehead atoms. The fraction of sp³-hybridized carbons (Fsp3) is 0.450. The molecule has 0 saturated heterocycles. The van der Waals surface area contributed by atoms with E-state index >= 15 is 0 Å². The van der Waals surface area contributed by atoms with Gasteiger partial charge in [-0.3, -0.25) is 0 Å². The number of nitrogens with one attached hydrogen (secondary N) is 2. The molecular weight excluding hydrogens is 354 g/mol. The average Bonchev–Trinajstić information content (AvgIpc) is 2.67. The zero-order chi connectivity index (χ0) is 19.4. The van der Waals surface area contributed by atoms with Crippen LogP contribution in [0.2, 0.25) is 0 Å². The van der Waals surface area contributed by atoms with Crippen LogP contribution < -0.4 is 10.6 Å². The minimum Gasteiger partial charge on any atom is -0.477 e. The number of rotatable bonds is 7. The number of aliphatic hydroxyl groups excluding tert-OH is 1. The summed E-state index contributed by atoms with van der Waals surface area (Å²) in [5, 5.41) is 24.8. The van der Waals surface area contributed by atoms with Crippen LogP contribution in [0.4, 0.5) is 8.78 Å². The molecule has 3 aliphatic rings. The van der Waals surface area contributed by atoms with Crippen molar-refractivity contribution >= 4 is 5.97 Å². The summed E-state index contributed by atoms with van der Waals surface area (Å²) in [7, 11) is 0. The van der Waals surface area contributed by atoms with Gasteiger partial charge in [-0.1, -0.05) is 36.5 Å². The highest BCUT2D eigenvalue weighted by Gasteiger charge is 2.38. The first kappa shape index (κ1) is 19.4. The smallest absolute Gasteiger partial charge is 0.374 e. The number of carboxylic acids is 1. The van der Waals surface area contributed by atoms with Crippen molar-refractivity contribution in [2.75, 3.05) is 6.61 Å². The van der Waals surface area contributed by atoms with Crippen LogP contribution in [0.25, 0.3) is 0 Å². The predicted molar refractivity (Wildman–Crippen MR) is 97.5 cm³/mol. The lowest BCUT2D eigenvalue weighted by Gasteiger charge is -2.34. The second-order valence-corrected chi connectivity index (χ2v) is 7.04. The number of fused-ring (bicyclic) bond motifs is 1. The van der Waals surface area contributed by atoms with Gasteiger partial charge in [0.25, 0.3) is 0 Å². The SMILES string of the molecule is O=C(O)C(F)(F)CCCC1=C(C2C=CC=CC2)NC2=CCC(CO)C=C2N1. The Morgan fingerprint density at radius 2 is 2.04 bits per heavy atom. The summed E-state index contributed by atoms with van der Waals surface area (Å²) < 4.78 is 26.8. The molecule has 0 saturated carbocycles. The van der Waals surface area contributed by atoms with Crippen molar-refractivity contribution in [1.29, 1.82) is 0 Å². The van der Waals surface area contributed by atoms with Crippen molar-refractivity contribution in [2.24, 2.45) is 11.8 Å². The molecule has 146 valence electrons. The van der Waals surface area contributed by atoms with Gasteiger partial charge in [0.2, 0.25) is 0 Å². The largest absolute Gasteiger partial charge is 0.477 e. The van der Waals surface area contributed by atoms with Gasteiger partial charge in [0.15, 0.2) is 0 Å². The van der Waals surface area contributed by atoms with Crippen molar-refractivity contribution in [1.82, 2.24) is 10.6 Å². The molecule has 0 fully saturated rings. The number of allylic oxidation sites excluding steroid dienone is 6. The third-order valence-corrected chi connectivity index (χ3v) is 5.01. The molecule has 1 heterocycles. The van der Waals surface area contributed by atoms with Crippen LogP contribution in [-0.2, 0) is 4.79 Å². The molecular formula is C20H24F2N2O3. The van der Waals surface area contributed by atoms with E-state index in [9.17, 15) is 18.7 Å². The average molecular weight is 378 g/mol. The van der Waals surface area contributed by atoms with E-state index < -0.39 is 18.3 Å². The Bertz CT molecular complexity index is 750. The van der Waals surface area contributed by atoms with Crippen LogP contribution >= 0.6 is 0 Å². The van der Waals surface area contributed by atoms with Crippen molar-refractivity contribution in [3.8, 4) is 0 Å². The van der Waals surface area contributed by atoms with Gasteiger partial charge in [-0.25, -0.2) is 4.79 Å². The second-order valence-electron chi connectivity index (χ2n) is 7.04. The van der Waals surface area contributed by atoms with E-state index in [0.717, 1.165) is 35.6 Å². The summed E-state index contributed by atoms with van der Waals surface area (Å²) in [6, 6.07) is 0. The molecule has 2 atom stereocenters. The number of carboxylic acid groups (broad SMARTS) is 1. The predicted octanol–water partition coefficient (Wildman–Crippen LogP) is 3.19. The van der Waals surface area contributed by atoms with Crippen molar-refractivity contribution in [3.05, 3.63) is 59.2 Å². The lowest BCUT2D eigenvalue weighted by molar-refractivity contribution is -0.165. The van der Waals surface area contributed by atoms with Gasteiger partial charge in [0.1, 0.15) is 0 Å². The normalized spacial score (nSPS) is 24.6. The van der Waals surface area contributed by atoms with Gasteiger partial charge in [-0.2, -0.15) is 8.78 Å². The third-order valence-electron chi connectivity index (χ3n) is 5.01. The first-order valence-corrected chi connectivity index (χ1v) is 9.15. The van der Waals surface area contributed by atoms with Gasteiger partial charge in [-0.15, -0.1) is 0 Å². The summed E-state index contributed by atoms with van der Waals surface area (Å²) >= 11 is 0. The molecule has 1 aliphatic heterocycles. The van der Waals surface area contributed by atoms with Gasteiger partial charge in [0, 0.05) is 36.3 Å². The van der Waals surface area contributed by atoms with Crippen molar-refractivity contribution in [2.45, 2.75) is 38.0 Å². The van der Waals surface area contributed by atoms with Crippen LogP contribution in [0.15, 0.2) is 59.2 Å². The number of hydrogen-bond donors (Lipinski definition) is 4. The fourth-order valence-electron chi connectivity index (χ4n) is 3.48. The maximum Gasteiger partial charge on any atom is 0.374 e. The second kappa shape index (κ2) is 8.08. The summed E-state index contributed by atoms with van der Waals surface area (Å²) in [4.78, 5) is 10.6. The number of hydrogen-bond acceptors (Lipinski definition) is 4. The van der Waals surface area contributed by atoms with E-state index in [1.165, 1.54) is 0 Å².